The van der Waals surface area contributed by atoms with Crippen LogP contribution < -0.4 is 10.3 Å². The number of amides is 1. The van der Waals surface area contributed by atoms with Gasteiger partial charge in [0.05, 0.1) is 23.7 Å². The van der Waals surface area contributed by atoms with Crippen molar-refractivity contribution in [3.63, 3.8) is 0 Å². The third kappa shape index (κ3) is 4.75. The van der Waals surface area contributed by atoms with Crippen molar-refractivity contribution in [3.8, 4) is 16.9 Å². The van der Waals surface area contributed by atoms with Crippen molar-refractivity contribution in [1.29, 1.82) is 0 Å². The van der Waals surface area contributed by atoms with Crippen LogP contribution >= 0.6 is 22.9 Å². The van der Waals surface area contributed by atoms with Gasteiger partial charge in [0.2, 0.25) is 0 Å². The minimum absolute atomic E-state index is 0.136. The van der Waals surface area contributed by atoms with Crippen molar-refractivity contribution < 1.29 is 14.3 Å². The van der Waals surface area contributed by atoms with E-state index >= 15 is 0 Å². The summed E-state index contributed by atoms with van der Waals surface area (Å²) in [6, 6.07) is 11.6. The SMILES string of the molecule is CCC(c1ccc(-c2c(OC)cc(Cl)c3[nH]c(=O)c4sccc4c23)cc1)N(C)C(=O)OC(C)(C)C. The molecule has 0 spiro atoms. The number of pyridine rings is 1. The third-order valence-electron chi connectivity index (χ3n) is 5.96. The second kappa shape index (κ2) is 9.55. The summed E-state index contributed by atoms with van der Waals surface area (Å²) < 4.78 is 11.9. The molecule has 0 aliphatic rings. The molecule has 35 heavy (non-hydrogen) atoms. The monoisotopic (exact) mass is 512 g/mol. The van der Waals surface area contributed by atoms with Gasteiger partial charge in [0.15, 0.2) is 0 Å². The fraction of sp³-hybridized carbons (Fsp3) is 0.333. The van der Waals surface area contributed by atoms with Crippen molar-refractivity contribution in [2.75, 3.05) is 14.2 Å². The van der Waals surface area contributed by atoms with Crippen LogP contribution in [0.3, 0.4) is 0 Å². The molecule has 1 atom stereocenters. The lowest BCUT2D eigenvalue weighted by atomic mass is 9.94. The molecule has 0 fully saturated rings. The van der Waals surface area contributed by atoms with Crippen molar-refractivity contribution in [3.05, 3.63) is 62.7 Å². The number of thiophene rings is 1. The number of nitrogens with zero attached hydrogens (tertiary/aromatic N) is 1. The lowest BCUT2D eigenvalue weighted by molar-refractivity contribution is 0.0215. The number of halogens is 1. The third-order valence-corrected chi connectivity index (χ3v) is 7.17. The highest BCUT2D eigenvalue weighted by Gasteiger charge is 2.26. The molecule has 0 radical (unpaired) electrons. The second-order valence-corrected chi connectivity index (χ2v) is 10.8. The number of benzene rings is 2. The van der Waals surface area contributed by atoms with Crippen LogP contribution in [0, 0.1) is 0 Å². The number of aromatic nitrogens is 1. The van der Waals surface area contributed by atoms with E-state index in [1.807, 2.05) is 63.4 Å². The predicted molar refractivity (Wildman–Crippen MR) is 144 cm³/mol. The number of nitrogens with one attached hydrogen (secondary N) is 1. The molecule has 2 heterocycles. The smallest absolute Gasteiger partial charge is 0.410 e. The van der Waals surface area contributed by atoms with E-state index in [1.54, 1.807) is 25.1 Å². The Bertz CT molecular complexity index is 1450. The van der Waals surface area contributed by atoms with Crippen LogP contribution in [0.5, 0.6) is 5.75 Å². The van der Waals surface area contributed by atoms with Gasteiger partial charge in [-0.2, -0.15) is 0 Å². The molecular formula is C27H29ClN2O4S. The molecule has 0 saturated carbocycles. The van der Waals surface area contributed by atoms with Gasteiger partial charge in [-0.3, -0.25) is 4.79 Å². The standard InChI is InChI=1S/C27H29ClN2O4S/c1-7-19(30(5)26(32)34-27(2,3)4)15-8-10-16(11-9-15)21-20(33-6)14-18(28)23-22(21)17-12-13-35-24(17)25(31)29-23/h8-14,19H,7H2,1-6H3,(H,29,31). The molecule has 4 rings (SSSR count). The second-order valence-electron chi connectivity index (χ2n) is 9.44. The first-order valence-electron chi connectivity index (χ1n) is 11.4. The highest BCUT2D eigenvalue weighted by molar-refractivity contribution is 7.17. The van der Waals surface area contributed by atoms with E-state index < -0.39 is 5.60 Å². The molecule has 2 aromatic carbocycles. The normalized spacial score (nSPS) is 12.7. The number of carbonyl (C=O) groups excluding carboxylic acids is 1. The molecule has 184 valence electrons. The molecule has 0 bridgehead atoms. The zero-order valence-electron chi connectivity index (χ0n) is 20.7. The average Bonchev–Trinajstić information content (AvgIpc) is 3.30. The van der Waals surface area contributed by atoms with Gasteiger partial charge < -0.3 is 19.4 Å². The van der Waals surface area contributed by atoms with Crippen molar-refractivity contribution in [2.45, 2.75) is 45.8 Å². The van der Waals surface area contributed by atoms with E-state index in [-0.39, 0.29) is 17.7 Å². The maximum absolute atomic E-state index is 12.7. The van der Waals surface area contributed by atoms with E-state index in [1.165, 1.54) is 11.3 Å². The summed E-state index contributed by atoms with van der Waals surface area (Å²) in [7, 11) is 3.37. The van der Waals surface area contributed by atoms with Crippen LogP contribution in [-0.4, -0.2) is 35.7 Å². The van der Waals surface area contributed by atoms with E-state index in [0.717, 1.165) is 33.9 Å². The quantitative estimate of drug-likeness (QED) is 0.302. The number of rotatable bonds is 5. The van der Waals surface area contributed by atoms with Crippen LogP contribution in [-0.2, 0) is 4.74 Å². The Labute approximate surface area is 213 Å². The summed E-state index contributed by atoms with van der Waals surface area (Å²) in [4.78, 5) is 29.8. The lowest BCUT2D eigenvalue weighted by Gasteiger charge is -2.30. The van der Waals surface area contributed by atoms with E-state index in [2.05, 4.69) is 4.98 Å². The number of ether oxygens (including phenoxy) is 2. The summed E-state index contributed by atoms with van der Waals surface area (Å²) in [5.74, 6) is 0.618. The zero-order chi connectivity index (χ0) is 25.5. The Balaban J connectivity index is 1.82. The van der Waals surface area contributed by atoms with E-state index in [4.69, 9.17) is 21.1 Å². The fourth-order valence-electron chi connectivity index (χ4n) is 4.38. The number of hydrogen-bond donors (Lipinski definition) is 1. The van der Waals surface area contributed by atoms with Gasteiger partial charge in [0.25, 0.3) is 5.56 Å². The van der Waals surface area contributed by atoms with Crippen LogP contribution in [0.25, 0.3) is 32.1 Å². The molecule has 1 unspecified atom stereocenters. The summed E-state index contributed by atoms with van der Waals surface area (Å²) >= 11 is 7.93. The van der Waals surface area contributed by atoms with Gasteiger partial charge in [-0.05, 0) is 49.8 Å². The highest BCUT2D eigenvalue weighted by Crippen LogP contribution is 2.43. The molecule has 1 amide bonds. The number of fused-ring (bicyclic) bond motifs is 3. The maximum atomic E-state index is 12.7. The topological polar surface area (TPSA) is 71.6 Å². The van der Waals surface area contributed by atoms with Gasteiger partial charge >= 0.3 is 6.09 Å². The van der Waals surface area contributed by atoms with Crippen molar-refractivity contribution in [1.82, 2.24) is 9.88 Å². The number of hydrogen-bond acceptors (Lipinski definition) is 5. The minimum atomic E-state index is -0.562. The summed E-state index contributed by atoms with van der Waals surface area (Å²) in [6.07, 6.45) is 0.376. The molecule has 4 aromatic rings. The van der Waals surface area contributed by atoms with Gasteiger partial charge in [-0.1, -0.05) is 42.8 Å². The molecular weight excluding hydrogens is 484 g/mol. The Hall–Kier alpha value is -3.03. The van der Waals surface area contributed by atoms with Crippen LogP contribution in [0.4, 0.5) is 4.79 Å². The van der Waals surface area contributed by atoms with Gasteiger partial charge in [0, 0.05) is 29.4 Å². The molecule has 1 N–H and O–H groups in total. The number of aromatic amines is 1. The van der Waals surface area contributed by atoms with Crippen molar-refractivity contribution in [2.24, 2.45) is 0 Å². The minimum Gasteiger partial charge on any atom is -0.496 e. The fourth-order valence-corrected chi connectivity index (χ4v) is 5.42. The first kappa shape index (κ1) is 25.1. The Morgan fingerprint density at radius 1 is 1.20 bits per heavy atom. The lowest BCUT2D eigenvalue weighted by Crippen LogP contribution is -2.36. The van der Waals surface area contributed by atoms with E-state index in [9.17, 15) is 9.59 Å². The zero-order valence-corrected chi connectivity index (χ0v) is 22.3. The number of H-pyrrole nitrogens is 1. The average molecular weight is 513 g/mol. The van der Waals surface area contributed by atoms with E-state index in [0.29, 0.717) is 21.0 Å². The summed E-state index contributed by atoms with van der Waals surface area (Å²) in [5, 5.41) is 4.01. The molecule has 6 nitrogen and oxygen atoms in total. The van der Waals surface area contributed by atoms with Crippen LogP contribution in [0.15, 0.2) is 46.6 Å². The summed E-state index contributed by atoms with van der Waals surface area (Å²) in [5.41, 5.74) is 2.63. The Kier molecular flexibility index (Phi) is 6.84. The van der Waals surface area contributed by atoms with Crippen LogP contribution in [0.2, 0.25) is 5.02 Å². The Morgan fingerprint density at radius 2 is 1.89 bits per heavy atom. The molecule has 2 aromatic heterocycles. The van der Waals surface area contributed by atoms with Crippen molar-refractivity contribution >= 4 is 50.0 Å². The van der Waals surface area contributed by atoms with Gasteiger partial charge in [-0.15, -0.1) is 11.3 Å². The molecule has 8 heteroatoms. The first-order chi connectivity index (χ1) is 16.6. The summed E-state index contributed by atoms with van der Waals surface area (Å²) in [6.45, 7) is 7.61. The predicted octanol–water partition coefficient (Wildman–Crippen LogP) is 7.39. The maximum Gasteiger partial charge on any atom is 0.410 e. The highest BCUT2D eigenvalue weighted by atomic mass is 35.5. The molecule has 0 aliphatic carbocycles. The van der Waals surface area contributed by atoms with Crippen LogP contribution in [0.1, 0.15) is 45.7 Å². The number of carbonyl (C=O) groups is 1. The first-order valence-corrected chi connectivity index (χ1v) is 12.7. The molecule has 0 aliphatic heterocycles. The van der Waals surface area contributed by atoms with Gasteiger partial charge in [-0.25, -0.2) is 4.79 Å². The largest absolute Gasteiger partial charge is 0.496 e. The number of methoxy groups -OCH3 is 1. The molecule has 0 saturated heterocycles. The van der Waals surface area contributed by atoms with Gasteiger partial charge in [0.1, 0.15) is 16.1 Å². The Morgan fingerprint density at radius 3 is 2.49 bits per heavy atom.